The summed E-state index contributed by atoms with van der Waals surface area (Å²) in [5.41, 5.74) is 1.13. The maximum Gasteiger partial charge on any atom is 0.408 e. The third-order valence-corrected chi connectivity index (χ3v) is 4.94. The van der Waals surface area contributed by atoms with Crippen LogP contribution in [0.2, 0.25) is 0 Å². The van der Waals surface area contributed by atoms with E-state index in [1.165, 1.54) is 0 Å². The normalized spacial score (nSPS) is 14.5. The molecule has 1 aliphatic heterocycles. The smallest absolute Gasteiger partial charge is 0.408 e. The highest BCUT2D eigenvalue weighted by molar-refractivity contribution is 14.0. The number of benzene rings is 1. The lowest BCUT2D eigenvalue weighted by atomic mass is 10.1. The molecular formula is C24H40IN5O3. The molecule has 0 spiro atoms. The number of hydrogen-bond donors (Lipinski definition) is 3. The zero-order valence-electron chi connectivity index (χ0n) is 20.8. The standard InChI is InChI=1S/C24H39N5O3.HI/c1-7-25-21(27-17-24(5,6)28-22(31)32-23(2,3)4)26-15-18-11-8-9-12-19(18)16-29-14-10-13-20(29)30;/h8-9,11-12H,7,10,13-17H2,1-6H3,(H,28,31)(H2,25,26,27);1H. The van der Waals surface area contributed by atoms with Crippen LogP contribution in [0.1, 0.15) is 65.5 Å². The van der Waals surface area contributed by atoms with Crippen molar-refractivity contribution in [3.63, 3.8) is 0 Å². The molecular weight excluding hydrogens is 533 g/mol. The Bertz CT molecular complexity index is 821. The van der Waals surface area contributed by atoms with Crippen LogP contribution in [0.4, 0.5) is 4.79 Å². The van der Waals surface area contributed by atoms with Crippen molar-refractivity contribution in [3.8, 4) is 0 Å². The number of guanidine groups is 1. The molecule has 1 aliphatic rings. The van der Waals surface area contributed by atoms with Crippen molar-refractivity contribution in [2.45, 2.75) is 78.6 Å². The number of ether oxygens (including phenoxy) is 1. The Morgan fingerprint density at radius 1 is 1.12 bits per heavy atom. The van der Waals surface area contributed by atoms with Crippen molar-refractivity contribution in [1.29, 1.82) is 0 Å². The van der Waals surface area contributed by atoms with Crippen LogP contribution >= 0.6 is 24.0 Å². The summed E-state index contributed by atoms with van der Waals surface area (Å²) in [6, 6.07) is 8.10. The first-order valence-corrected chi connectivity index (χ1v) is 11.4. The van der Waals surface area contributed by atoms with Crippen LogP contribution in [-0.2, 0) is 22.6 Å². The minimum Gasteiger partial charge on any atom is -0.444 e. The monoisotopic (exact) mass is 573 g/mol. The molecule has 0 saturated carbocycles. The fourth-order valence-corrected chi connectivity index (χ4v) is 3.38. The molecule has 0 aromatic heterocycles. The number of nitrogens with zero attached hydrogens (tertiary/aromatic N) is 2. The molecule has 186 valence electrons. The number of hydrogen-bond acceptors (Lipinski definition) is 4. The first-order chi connectivity index (χ1) is 15.0. The maximum absolute atomic E-state index is 12.1. The van der Waals surface area contributed by atoms with E-state index in [1.54, 1.807) is 0 Å². The second-order valence-electron chi connectivity index (χ2n) is 9.75. The highest BCUT2D eigenvalue weighted by Gasteiger charge is 2.25. The van der Waals surface area contributed by atoms with E-state index < -0.39 is 17.2 Å². The zero-order chi connectivity index (χ0) is 23.8. The first kappa shape index (κ1) is 29.0. The lowest BCUT2D eigenvalue weighted by Crippen LogP contribution is -2.54. The number of aliphatic imine (C=N–C) groups is 1. The van der Waals surface area contributed by atoms with E-state index in [4.69, 9.17) is 9.73 Å². The fraction of sp³-hybridized carbons (Fsp3) is 0.625. The molecule has 1 aromatic carbocycles. The summed E-state index contributed by atoms with van der Waals surface area (Å²) in [6.07, 6.45) is 1.12. The van der Waals surface area contributed by atoms with Gasteiger partial charge >= 0.3 is 6.09 Å². The van der Waals surface area contributed by atoms with Crippen LogP contribution in [0.25, 0.3) is 0 Å². The van der Waals surface area contributed by atoms with Crippen molar-refractivity contribution in [2.75, 3.05) is 19.6 Å². The number of rotatable bonds is 8. The molecule has 2 rings (SSSR count). The van der Waals surface area contributed by atoms with Crippen molar-refractivity contribution >= 4 is 41.9 Å². The summed E-state index contributed by atoms with van der Waals surface area (Å²) in [6.45, 7) is 14.5. The largest absolute Gasteiger partial charge is 0.444 e. The number of halogens is 1. The van der Waals surface area contributed by atoms with Gasteiger partial charge in [-0.15, -0.1) is 24.0 Å². The number of likely N-dealkylation sites (tertiary alicyclic amines) is 1. The molecule has 2 amide bonds. The van der Waals surface area contributed by atoms with Gasteiger partial charge in [-0.05, 0) is 59.1 Å². The lowest BCUT2D eigenvalue weighted by Gasteiger charge is -2.29. The number of alkyl carbamates (subject to hydrolysis) is 1. The molecule has 0 aliphatic carbocycles. The second-order valence-corrected chi connectivity index (χ2v) is 9.75. The van der Waals surface area contributed by atoms with Gasteiger partial charge in [-0.2, -0.15) is 0 Å². The van der Waals surface area contributed by atoms with E-state index >= 15 is 0 Å². The highest BCUT2D eigenvalue weighted by Crippen LogP contribution is 2.18. The van der Waals surface area contributed by atoms with Crippen LogP contribution in [-0.4, -0.2) is 53.6 Å². The molecule has 9 heteroatoms. The summed E-state index contributed by atoms with van der Waals surface area (Å²) in [7, 11) is 0. The molecule has 8 nitrogen and oxygen atoms in total. The Balaban J connectivity index is 0.00000544. The van der Waals surface area contributed by atoms with Crippen LogP contribution in [0, 0.1) is 0 Å². The van der Waals surface area contributed by atoms with E-state index in [1.807, 2.05) is 58.6 Å². The van der Waals surface area contributed by atoms with Gasteiger partial charge in [-0.3, -0.25) is 4.79 Å². The third kappa shape index (κ3) is 10.6. The summed E-state index contributed by atoms with van der Waals surface area (Å²) >= 11 is 0. The minimum absolute atomic E-state index is 0. The average molecular weight is 574 g/mol. The van der Waals surface area contributed by atoms with Crippen molar-refractivity contribution in [1.82, 2.24) is 20.9 Å². The number of nitrogens with one attached hydrogen (secondary N) is 3. The van der Waals surface area contributed by atoms with Crippen molar-refractivity contribution in [2.24, 2.45) is 4.99 Å². The second kappa shape index (κ2) is 13.0. The summed E-state index contributed by atoms with van der Waals surface area (Å²) in [4.78, 5) is 30.8. The minimum atomic E-state index is -0.545. The van der Waals surface area contributed by atoms with Crippen LogP contribution < -0.4 is 16.0 Å². The number of carbonyl (C=O) groups excluding carboxylic acids is 2. The summed E-state index contributed by atoms with van der Waals surface area (Å²) < 4.78 is 5.36. The highest BCUT2D eigenvalue weighted by atomic mass is 127. The molecule has 0 unspecified atom stereocenters. The molecule has 3 N–H and O–H groups in total. The van der Waals surface area contributed by atoms with E-state index in [0.717, 1.165) is 30.6 Å². The Morgan fingerprint density at radius 3 is 2.36 bits per heavy atom. The van der Waals surface area contributed by atoms with E-state index in [-0.39, 0.29) is 29.9 Å². The number of amides is 2. The molecule has 0 bridgehead atoms. The quantitative estimate of drug-likeness (QED) is 0.250. The predicted molar refractivity (Wildman–Crippen MR) is 143 cm³/mol. The van der Waals surface area contributed by atoms with Gasteiger partial charge in [-0.1, -0.05) is 24.3 Å². The Morgan fingerprint density at radius 2 is 1.79 bits per heavy atom. The van der Waals surface area contributed by atoms with Gasteiger partial charge in [0.05, 0.1) is 12.1 Å². The van der Waals surface area contributed by atoms with E-state index in [2.05, 4.69) is 28.1 Å². The predicted octanol–water partition coefficient (Wildman–Crippen LogP) is 3.79. The molecule has 33 heavy (non-hydrogen) atoms. The molecule has 1 aromatic rings. The van der Waals surface area contributed by atoms with Crippen molar-refractivity contribution in [3.05, 3.63) is 35.4 Å². The summed E-state index contributed by atoms with van der Waals surface area (Å²) in [5, 5.41) is 9.44. The topological polar surface area (TPSA) is 95.1 Å². The SMILES string of the molecule is CCNC(=NCc1ccccc1CN1CCCC1=O)NCC(C)(C)NC(=O)OC(C)(C)C.I. The van der Waals surface area contributed by atoms with E-state index in [0.29, 0.717) is 32.0 Å². The maximum atomic E-state index is 12.1. The van der Waals surface area contributed by atoms with Gasteiger partial charge in [-0.25, -0.2) is 9.79 Å². The fourth-order valence-electron chi connectivity index (χ4n) is 3.38. The van der Waals surface area contributed by atoms with Gasteiger partial charge in [0, 0.05) is 32.6 Å². The van der Waals surface area contributed by atoms with Crippen molar-refractivity contribution < 1.29 is 14.3 Å². The summed E-state index contributed by atoms with van der Waals surface area (Å²) in [5.74, 6) is 0.886. The Hall–Kier alpha value is -2.04. The van der Waals surface area contributed by atoms with Gasteiger partial charge in [0.2, 0.25) is 5.91 Å². The molecule has 0 atom stereocenters. The van der Waals surface area contributed by atoms with Crippen LogP contribution in [0.3, 0.4) is 0 Å². The average Bonchev–Trinajstić information content (AvgIpc) is 3.07. The molecule has 0 radical (unpaired) electrons. The third-order valence-electron chi connectivity index (χ3n) is 4.94. The Kier molecular flexibility index (Phi) is 11.4. The number of carbonyl (C=O) groups is 2. The van der Waals surface area contributed by atoms with Gasteiger partial charge in [0.25, 0.3) is 0 Å². The zero-order valence-corrected chi connectivity index (χ0v) is 23.1. The van der Waals surface area contributed by atoms with Gasteiger partial charge in [0.1, 0.15) is 5.60 Å². The Labute approximate surface area is 215 Å². The molecule has 1 saturated heterocycles. The van der Waals surface area contributed by atoms with Crippen LogP contribution in [0.15, 0.2) is 29.3 Å². The van der Waals surface area contributed by atoms with Crippen LogP contribution in [0.5, 0.6) is 0 Å². The van der Waals surface area contributed by atoms with Gasteiger partial charge < -0.3 is 25.6 Å². The van der Waals surface area contributed by atoms with E-state index in [9.17, 15) is 9.59 Å². The molecule has 1 fully saturated rings. The molecule has 1 heterocycles. The van der Waals surface area contributed by atoms with Gasteiger partial charge in [0.15, 0.2) is 5.96 Å². The lowest BCUT2D eigenvalue weighted by molar-refractivity contribution is -0.128. The first-order valence-electron chi connectivity index (χ1n) is 11.4.